The van der Waals surface area contributed by atoms with Gasteiger partial charge in [-0.2, -0.15) is 0 Å². The molecule has 0 bridgehead atoms. The molecule has 1 heterocycles. The minimum Gasteiger partial charge on any atom is -0.306 e. The Kier molecular flexibility index (Phi) is 4.07. The normalized spacial score (nSPS) is 26.4. The highest BCUT2D eigenvalue weighted by atomic mass is 79.9. The third-order valence-electron chi connectivity index (χ3n) is 3.22. The van der Waals surface area contributed by atoms with E-state index in [0.29, 0.717) is 18.0 Å². The Balaban J connectivity index is 2.06. The van der Waals surface area contributed by atoms with Crippen molar-refractivity contribution in [1.29, 1.82) is 0 Å². The summed E-state index contributed by atoms with van der Waals surface area (Å²) in [6, 6.07) is 5.66. The lowest BCUT2D eigenvalue weighted by Gasteiger charge is -2.24. The smallest absolute Gasteiger partial charge is 0.152 e. The molecule has 0 spiro atoms. The first-order chi connectivity index (χ1) is 8.30. The predicted molar refractivity (Wildman–Crippen MR) is 77.7 cm³/mol. The molecular formula is C12H15BrClNO2S. The second-order valence-corrected chi connectivity index (χ2v) is 8.50. The third-order valence-corrected chi connectivity index (χ3v) is 5.98. The van der Waals surface area contributed by atoms with Gasteiger partial charge in [0.2, 0.25) is 0 Å². The van der Waals surface area contributed by atoms with Crippen molar-refractivity contribution >= 4 is 37.4 Å². The molecule has 1 aromatic rings. The summed E-state index contributed by atoms with van der Waals surface area (Å²) in [5, 5.41) is 4.00. The van der Waals surface area contributed by atoms with Crippen LogP contribution in [0.2, 0.25) is 5.02 Å². The summed E-state index contributed by atoms with van der Waals surface area (Å²) in [5.41, 5.74) is 0.626. The zero-order valence-electron chi connectivity index (χ0n) is 10.0. The molecule has 0 aliphatic carbocycles. The van der Waals surface area contributed by atoms with Gasteiger partial charge in [-0.05, 0) is 37.1 Å². The Labute approximate surface area is 121 Å². The zero-order chi connectivity index (χ0) is 13.4. The van der Waals surface area contributed by atoms with Crippen LogP contribution >= 0.6 is 27.5 Å². The van der Waals surface area contributed by atoms with Crippen LogP contribution in [0.5, 0.6) is 0 Å². The highest BCUT2D eigenvalue weighted by Gasteiger charge is 2.37. The van der Waals surface area contributed by atoms with Crippen LogP contribution in [-0.4, -0.2) is 25.5 Å². The van der Waals surface area contributed by atoms with E-state index in [1.165, 1.54) is 0 Å². The summed E-state index contributed by atoms with van der Waals surface area (Å²) < 4.78 is 24.0. The molecule has 2 rings (SSSR count). The van der Waals surface area contributed by atoms with E-state index in [-0.39, 0.29) is 17.0 Å². The minimum absolute atomic E-state index is 0.200. The Morgan fingerprint density at radius 3 is 2.83 bits per heavy atom. The van der Waals surface area contributed by atoms with E-state index in [4.69, 9.17) is 11.6 Å². The van der Waals surface area contributed by atoms with Crippen LogP contribution in [-0.2, 0) is 16.4 Å². The summed E-state index contributed by atoms with van der Waals surface area (Å²) in [6.45, 7) is 2.52. The Bertz CT molecular complexity index is 561. The maximum atomic E-state index is 11.5. The van der Waals surface area contributed by atoms with Crippen LogP contribution in [0.4, 0.5) is 0 Å². The lowest BCUT2D eigenvalue weighted by Crippen LogP contribution is -2.42. The van der Waals surface area contributed by atoms with Gasteiger partial charge >= 0.3 is 0 Å². The number of benzene rings is 1. The molecule has 1 aliphatic heterocycles. The highest BCUT2D eigenvalue weighted by Crippen LogP contribution is 2.25. The number of halogens is 2. The average molecular weight is 353 g/mol. The first-order valence-corrected chi connectivity index (χ1v) is 8.68. The van der Waals surface area contributed by atoms with Crippen LogP contribution in [0.1, 0.15) is 18.9 Å². The zero-order valence-corrected chi connectivity index (χ0v) is 13.2. The standard InChI is InChI=1S/C12H15BrClNO2S/c1-12(4-5-18(16,17)8-12)15-7-9-6-10(13)2-3-11(9)14/h2-3,6,15H,4-5,7-8H2,1H3. The van der Waals surface area contributed by atoms with Gasteiger partial charge in [0.25, 0.3) is 0 Å². The molecule has 3 nitrogen and oxygen atoms in total. The lowest BCUT2D eigenvalue weighted by atomic mass is 10.0. The summed E-state index contributed by atoms with van der Waals surface area (Å²) in [4.78, 5) is 0. The molecule has 1 unspecified atom stereocenters. The van der Waals surface area contributed by atoms with E-state index in [1.54, 1.807) is 0 Å². The maximum Gasteiger partial charge on any atom is 0.152 e. The van der Waals surface area contributed by atoms with Crippen LogP contribution in [0.3, 0.4) is 0 Å². The fraction of sp³-hybridized carbons (Fsp3) is 0.500. The molecule has 100 valence electrons. The van der Waals surface area contributed by atoms with Crippen LogP contribution in [0.25, 0.3) is 0 Å². The topological polar surface area (TPSA) is 46.2 Å². The van der Waals surface area contributed by atoms with Crippen molar-refractivity contribution in [1.82, 2.24) is 5.32 Å². The molecule has 0 radical (unpaired) electrons. The number of nitrogens with one attached hydrogen (secondary N) is 1. The van der Waals surface area contributed by atoms with Crippen molar-refractivity contribution in [2.75, 3.05) is 11.5 Å². The third kappa shape index (κ3) is 3.47. The van der Waals surface area contributed by atoms with Gasteiger partial charge in [-0.3, -0.25) is 0 Å². The Morgan fingerprint density at radius 1 is 1.50 bits per heavy atom. The molecule has 1 fully saturated rings. The van der Waals surface area contributed by atoms with Gasteiger partial charge in [-0.1, -0.05) is 27.5 Å². The molecule has 0 aromatic heterocycles. The van der Waals surface area contributed by atoms with Gasteiger partial charge in [0, 0.05) is 21.6 Å². The SMILES string of the molecule is CC1(NCc2cc(Br)ccc2Cl)CCS(=O)(=O)C1. The van der Waals surface area contributed by atoms with Crippen molar-refractivity contribution in [2.45, 2.75) is 25.4 Å². The van der Waals surface area contributed by atoms with E-state index in [9.17, 15) is 8.42 Å². The van der Waals surface area contributed by atoms with Crippen LogP contribution in [0, 0.1) is 0 Å². The predicted octanol–water partition coefficient (Wildman–Crippen LogP) is 2.77. The van der Waals surface area contributed by atoms with E-state index in [1.807, 2.05) is 25.1 Å². The highest BCUT2D eigenvalue weighted by molar-refractivity contribution is 9.10. The maximum absolute atomic E-state index is 11.5. The summed E-state index contributed by atoms with van der Waals surface area (Å²) >= 11 is 9.50. The molecular weight excluding hydrogens is 338 g/mol. The second kappa shape index (κ2) is 5.12. The van der Waals surface area contributed by atoms with Crippen molar-refractivity contribution < 1.29 is 8.42 Å². The first-order valence-electron chi connectivity index (χ1n) is 5.69. The quantitative estimate of drug-likeness (QED) is 0.910. The number of sulfone groups is 1. The van der Waals surface area contributed by atoms with Crippen molar-refractivity contribution in [3.8, 4) is 0 Å². The first kappa shape index (κ1) is 14.3. The fourth-order valence-corrected chi connectivity index (χ4v) is 4.85. The molecule has 1 saturated heterocycles. The van der Waals surface area contributed by atoms with Crippen molar-refractivity contribution in [3.63, 3.8) is 0 Å². The van der Waals surface area contributed by atoms with Gasteiger partial charge in [0.05, 0.1) is 11.5 Å². The fourth-order valence-electron chi connectivity index (χ4n) is 2.14. The van der Waals surface area contributed by atoms with Crippen LogP contribution in [0.15, 0.2) is 22.7 Å². The number of rotatable bonds is 3. The van der Waals surface area contributed by atoms with Gasteiger partial charge in [-0.15, -0.1) is 0 Å². The molecule has 1 atom stereocenters. The van der Waals surface area contributed by atoms with Gasteiger partial charge in [-0.25, -0.2) is 8.42 Å². The van der Waals surface area contributed by atoms with Gasteiger partial charge < -0.3 is 5.32 Å². The monoisotopic (exact) mass is 351 g/mol. The van der Waals surface area contributed by atoms with E-state index >= 15 is 0 Å². The molecule has 0 amide bonds. The summed E-state index contributed by atoms with van der Waals surface area (Å²) in [5.74, 6) is 0.467. The molecule has 6 heteroatoms. The lowest BCUT2D eigenvalue weighted by molar-refractivity contribution is 0.395. The van der Waals surface area contributed by atoms with Crippen LogP contribution < -0.4 is 5.32 Å². The average Bonchev–Trinajstić information content (AvgIpc) is 2.55. The Hall–Kier alpha value is -0.100. The molecule has 1 aliphatic rings. The molecule has 0 saturated carbocycles. The number of hydrogen-bond donors (Lipinski definition) is 1. The Morgan fingerprint density at radius 2 is 2.22 bits per heavy atom. The van der Waals surface area contributed by atoms with E-state index < -0.39 is 9.84 Å². The summed E-state index contributed by atoms with van der Waals surface area (Å²) in [6.07, 6.45) is 0.654. The number of hydrogen-bond acceptors (Lipinski definition) is 3. The van der Waals surface area contributed by atoms with E-state index in [0.717, 1.165) is 10.0 Å². The van der Waals surface area contributed by atoms with Gasteiger partial charge in [0.15, 0.2) is 9.84 Å². The largest absolute Gasteiger partial charge is 0.306 e. The van der Waals surface area contributed by atoms with Crippen molar-refractivity contribution in [3.05, 3.63) is 33.3 Å². The molecule has 1 N–H and O–H groups in total. The second-order valence-electron chi connectivity index (χ2n) is 4.99. The molecule has 1 aromatic carbocycles. The van der Waals surface area contributed by atoms with E-state index in [2.05, 4.69) is 21.2 Å². The summed E-state index contributed by atoms with van der Waals surface area (Å²) in [7, 11) is -2.88. The minimum atomic E-state index is -2.88. The van der Waals surface area contributed by atoms with Crippen molar-refractivity contribution in [2.24, 2.45) is 0 Å². The van der Waals surface area contributed by atoms with Gasteiger partial charge in [0.1, 0.15) is 0 Å². The molecule has 18 heavy (non-hydrogen) atoms.